The summed E-state index contributed by atoms with van der Waals surface area (Å²) in [5.74, 6) is -0.806. The van der Waals surface area contributed by atoms with Crippen LogP contribution in [-0.2, 0) is 16.4 Å². The highest BCUT2D eigenvalue weighted by Gasteiger charge is 2.46. The molecule has 1 aliphatic heterocycles. The standard InChI is InChI=1S/C22H17BrF4N2O4S/c23-14-2-4-16(28-10-14)7-13-11-33-20-8-12(1-5-17(20)21(13)30)18-9-15(24)3-6-19(18)29-34(31,32)22(25,26)27/h1-6,8-10,13,21,29-30H,7,11H2. The lowest BCUT2D eigenvalue weighted by Crippen LogP contribution is -2.30. The molecule has 2 heterocycles. The topological polar surface area (TPSA) is 88.5 Å². The lowest BCUT2D eigenvalue weighted by Gasteiger charge is -2.30. The number of nitrogens with one attached hydrogen (secondary N) is 1. The normalized spacial score (nSPS) is 18.2. The van der Waals surface area contributed by atoms with Crippen LogP contribution in [0.3, 0.4) is 0 Å². The van der Waals surface area contributed by atoms with Crippen LogP contribution in [0.1, 0.15) is 17.4 Å². The quantitative estimate of drug-likeness (QED) is 0.419. The highest BCUT2D eigenvalue weighted by atomic mass is 79.9. The molecule has 2 aromatic carbocycles. The largest absolute Gasteiger partial charge is 0.516 e. The van der Waals surface area contributed by atoms with E-state index in [1.54, 1.807) is 6.20 Å². The molecule has 0 saturated carbocycles. The third-order valence-electron chi connectivity index (χ3n) is 5.33. The lowest BCUT2D eigenvalue weighted by atomic mass is 9.88. The fourth-order valence-corrected chi connectivity index (χ4v) is 4.44. The molecule has 0 saturated heterocycles. The Morgan fingerprint density at radius 2 is 1.91 bits per heavy atom. The molecule has 34 heavy (non-hydrogen) atoms. The second-order valence-corrected chi connectivity index (χ2v) is 10.3. The number of ether oxygens (including phenoxy) is 1. The van der Waals surface area contributed by atoms with Crippen LogP contribution in [-0.4, -0.2) is 30.6 Å². The van der Waals surface area contributed by atoms with Crippen LogP contribution in [0.4, 0.5) is 23.2 Å². The Kier molecular flexibility index (Phi) is 6.58. The molecule has 4 rings (SSSR count). The highest BCUT2D eigenvalue weighted by Crippen LogP contribution is 2.41. The van der Waals surface area contributed by atoms with E-state index in [0.717, 1.165) is 28.4 Å². The van der Waals surface area contributed by atoms with Crippen molar-refractivity contribution in [3.05, 3.63) is 76.3 Å². The van der Waals surface area contributed by atoms with Crippen molar-refractivity contribution in [2.24, 2.45) is 5.92 Å². The third kappa shape index (κ3) is 5.03. The van der Waals surface area contributed by atoms with Gasteiger partial charge in [-0.3, -0.25) is 9.71 Å². The maximum atomic E-state index is 13.9. The Labute approximate surface area is 200 Å². The number of nitrogens with zero attached hydrogens (tertiary/aromatic N) is 1. The predicted molar refractivity (Wildman–Crippen MR) is 120 cm³/mol. The van der Waals surface area contributed by atoms with Gasteiger partial charge in [-0.15, -0.1) is 0 Å². The van der Waals surface area contributed by atoms with Crippen molar-refractivity contribution >= 4 is 31.6 Å². The van der Waals surface area contributed by atoms with Gasteiger partial charge in [-0.25, -0.2) is 4.39 Å². The van der Waals surface area contributed by atoms with Crippen LogP contribution in [0.15, 0.2) is 59.2 Å². The van der Waals surface area contributed by atoms with Gasteiger partial charge in [0.2, 0.25) is 0 Å². The summed E-state index contributed by atoms with van der Waals surface area (Å²) in [4.78, 5) is 4.30. The zero-order chi connectivity index (χ0) is 24.7. The first kappa shape index (κ1) is 24.4. The second kappa shape index (κ2) is 9.16. The average molecular weight is 561 g/mol. The van der Waals surface area contributed by atoms with Crippen molar-refractivity contribution in [2.45, 2.75) is 18.0 Å². The number of hydrogen-bond acceptors (Lipinski definition) is 5. The van der Waals surface area contributed by atoms with E-state index in [9.17, 15) is 31.1 Å². The van der Waals surface area contributed by atoms with E-state index < -0.39 is 33.1 Å². The highest BCUT2D eigenvalue weighted by molar-refractivity contribution is 9.10. The van der Waals surface area contributed by atoms with Crippen molar-refractivity contribution in [3.63, 3.8) is 0 Å². The van der Waals surface area contributed by atoms with Crippen LogP contribution in [0.25, 0.3) is 11.1 Å². The molecule has 0 fully saturated rings. The molecule has 0 spiro atoms. The van der Waals surface area contributed by atoms with Crippen molar-refractivity contribution in [3.8, 4) is 16.9 Å². The Morgan fingerprint density at radius 3 is 2.59 bits per heavy atom. The molecule has 2 atom stereocenters. The third-order valence-corrected chi connectivity index (χ3v) is 6.90. The smallest absolute Gasteiger partial charge is 0.493 e. The zero-order valence-electron chi connectivity index (χ0n) is 17.2. The number of sulfonamides is 1. The molecule has 6 nitrogen and oxygen atoms in total. The number of aromatic nitrogens is 1. The Hall–Kier alpha value is -2.70. The summed E-state index contributed by atoms with van der Waals surface area (Å²) in [6.07, 6.45) is 1.19. The minimum absolute atomic E-state index is 0.116. The summed E-state index contributed by atoms with van der Waals surface area (Å²) in [5, 5.41) is 10.8. The number of alkyl halides is 3. The number of pyridine rings is 1. The summed E-state index contributed by atoms with van der Waals surface area (Å²) in [6, 6.07) is 10.7. The fourth-order valence-electron chi connectivity index (χ4n) is 3.63. The molecule has 1 aromatic heterocycles. The van der Waals surface area contributed by atoms with E-state index in [2.05, 4.69) is 20.9 Å². The summed E-state index contributed by atoms with van der Waals surface area (Å²) in [5.41, 5.74) is -4.69. The first-order chi connectivity index (χ1) is 15.9. The summed E-state index contributed by atoms with van der Waals surface area (Å²) >= 11 is 3.31. The summed E-state index contributed by atoms with van der Waals surface area (Å²) in [7, 11) is -5.71. The number of fused-ring (bicyclic) bond motifs is 1. The van der Waals surface area contributed by atoms with E-state index >= 15 is 0 Å². The average Bonchev–Trinajstić information content (AvgIpc) is 2.77. The molecular weight excluding hydrogens is 544 g/mol. The molecule has 3 aromatic rings. The Morgan fingerprint density at radius 1 is 1.15 bits per heavy atom. The second-order valence-electron chi connectivity index (χ2n) is 7.68. The Balaban J connectivity index is 1.63. The first-order valence-electron chi connectivity index (χ1n) is 9.89. The van der Waals surface area contributed by atoms with Gasteiger partial charge in [-0.2, -0.15) is 21.6 Å². The van der Waals surface area contributed by atoms with Gasteiger partial charge in [-0.1, -0.05) is 12.1 Å². The van der Waals surface area contributed by atoms with Crippen molar-refractivity contribution in [1.29, 1.82) is 0 Å². The van der Waals surface area contributed by atoms with Crippen LogP contribution in [0.2, 0.25) is 0 Å². The molecule has 180 valence electrons. The molecule has 0 aliphatic carbocycles. The molecule has 2 unspecified atom stereocenters. The summed E-state index contributed by atoms with van der Waals surface area (Å²) < 4.78 is 83.6. The zero-order valence-corrected chi connectivity index (χ0v) is 19.6. The Bertz CT molecular complexity index is 1320. The molecular formula is C22H17BrF4N2O4S. The van der Waals surface area contributed by atoms with E-state index in [-0.39, 0.29) is 29.4 Å². The number of aliphatic hydroxyl groups is 1. The van der Waals surface area contributed by atoms with Gasteiger partial charge in [0.25, 0.3) is 0 Å². The summed E-state index contributed by atoms with van der Waals surface area (Å²) in [6.45, 7) is 0.145. The maximum absolute atomic E-state index is 13.9. The fraction of sp³-hybridized carbons (Fsp3) is 0.227. The minimum Gasteiger partial charge on any atom is -0.493 e. The number of anilines is 1. The molecule has 0 bridgehead atoms. The molecule has 0 radical (unpaired) electrons. The number of hydrogen-bond donors (Lipinski definition) is 2. The monoisotopic (exact) mass is 560 g/mol. The number of aliphatic hydroxyl groups excluding tert-OH is 1. The number of halogens is 5. The molecule has 1 aliphatic rings. The van der Waals surface area contributed by atoms with E-state index in [4.69, 9.17) is 4.74 Å². The van der Waals surface area contributed by atoms with Crippen molar-refractivity contribution in [2.75, 3.05) is 11.3 Å². The first-order valence-corrected chi connectivity index (χ1v) is 12.2. The number of benzene rings is 2. The van der Waals surface area contributed by atoms with Crippen molar-refractivity contribution in [1.82, 2.24) is 4.98 Å². The van der Waals surface area contributed by atoms with Gasteiger partial charge in [0.15, 0.2) is 0 Å². The predicted octanol–water partition coefficient (Wildman–Crippen LogP) is 5.20. The van der Waals surface area contributed by atoms with Crippen molar-refractivity contribution < 1.29 is 35.8 Å². The maximum Gasteiger partial charge on any atom is 0.516 e. The van der Waals surface area contributed by atoms with Gasteiger partial charge in [0.1, 0.15) is 11.6 Å². The van der Waals surface area contributed by atoms with Crippen LogP contribution >= 0.6 is 15.9 Å². The van der Waals surface area contributed by atoms with Gasteiger partial charge < -0.3 is 9.84 Å². The number of rotatable bonds is 5. The molecule has 0 amide bonds. The SMILES string of the molecule is O=S(=O)(Nc1ccc(F)cc1-c1ccc2c(c1)OCC(Cc1ccc(Br)cn1)C2O)C(F)(F)F. The van der Waals surface area contributed by atoms with Gasteiger partial charge in [0.05, 0.1) is 18.4 Å². The molecule has 12 heteroatoms. The van der Waals surface area contributed by atoms with Crippen LogP contribution in [0.5, 0.6) is 5.75 Å². The van der Waals surface area contributed by atoms with Crippen LogP contribution < -0.4 is 9.46 Å². The van der Waals surface area contributed by atoms with E-state index in [1.807, 2.05) is 12.1 Å². The van der Waals surface area contributed by atoms with E-state index in [1.165, 1.54) is 22.9 Å². The van der Waals surface area contributed by atoms with Gasteiger partial charge in [-0.05, 0) is 64.3 Å². The van der Waals surface area contributed by atoms with Gasteiger partial charge >= 0.3 is 15.5 Å². The minimum atomic E-state index is -5.71. The van der Waals surface area contributed by atoms with Gasteiger partial charge in [0, 0.05) is 33.4 Å². The lowest BCUT2D eigenvalue weighted by molar-refractivity contribution is -0.0429. The van der Waals surface area contributed by atoms with E-state index in [0.29, 0.717) is 12.0 Å². The molecule has 2 N–H and O–H groups in total. The van der Waals surface area contributed by atoms with Crippen LogP contribution in [0, 0.1) is 11.7 Å².